The zero-order valence-corrected chi connectivity index (χ0v) is 19.3. The lowest BCUT2D eigenvalue weighted by molar-refractivity contribution is -0.121. The molecule has 0 radical (unpaired) electrons. The highest BCUT2D eigenvalue weighted by atomic mass is 35.5. The minimum Gasteiger partial charge on any atom is -0.306 e. The molecule has 0 aliphatic carbocycles. The highest BCUT2D eigenvalue weighted by Crippen LogP contribution is 2.34. The fraction of sp³-hybridized carbons (Fsp3) is 0.174. The Hall–Kier alpha value is -3.56. The van der Waals surface area contributed by atoms with Crippen molar-refractivity contribution in [1.29, 1.82) is 0 Å². The highest BCUT2D eigenvalue weighted by molar-refractivity contribution is 7.21. The van der Waals surface area contributed by atoms with E-state index in [1.54, 1.807) is 28.9 Å². The number of benzene rings is 2. The minimum absolute atomic E-state index is 0.180. The van der Waals surface area contributed by atoms with Crippen LogP contribution in [-0.2, 0) is 9.59 Å². The molecule has 2 aromatic carbocycles. The van der Waals surface area contributed by atoms with Gasteiger partial charge in [-0.2, -0.15) is 9.78 Å². The first-order chi connectivity index (χ1) is 15.8. The zero-order valence-electron chi connectivity index (χ0n) is 17.8. The molecule has 1 saturated heterocycles. The molecule has 10 heteroatoms. The maximum atomic E-state index is 13.0. The predicted molar refractivity (Wildman–Crippen MR) is 127 cm³/mol. The molecule has 0 bridgehead atoms. The predicted octanol–water partition coefficient (Wildman–Crippen LogP) is 4.66. The molecule has 166 valence electrons. The average Bonchev–Trinajstić information content (AvgIpc) is 3.48. The molecule has 5 rings (SSSR count). The molecule has 8 nitrogen and oxygen atoms in total. The Bertz CT molecular complexity index is 1400. The largest absolute Gasteiger partial charge is 0.306 e. The number of nitrogens with one attached hydrogen (secondary N) is 1. The van der Waals surface area contributed by atoms with Gasteiger partial charge in [0.25, 0.3) is 5.91 Å². The van der Waals surface area contributed by atoms with Crippen molar-refractivity contribution < 1.29 is 14.4 Å². The van der Waals surface area contributed by atoms with Crippen LogP contribution >= 0.6 is 22.9 Å². The third-order valence-electron chi connectivity index (χ3n) is 5.36. The third kappa shape index (κ3) is 3.79. The summed E-state index contributed by atoms with van der Waals surface area (Å²) in [5.74, 6) is -0.483. The molecule has 4 aromatic rings. The Labute approximate surface area is 197 Å². The summed E-state index contributed by atoms with van der Waals surface area (Å²) in [5, 5.41) is 8.54. The van der Waals surface area contributed by atoms with Gasteiger partial charge in [0.2, 0.25) is 16.9 Å². The van der Waals surface area contributed by atoms with E-state index in [1.807, 2.05) is 26.0 Å². The first-order valence-corrected chi connectivity index (χ1v) is 11.4. The molecule has 2 aromatic heterocycles. The number of aryl methyl sites for hydroxylation is 2. The van der Waals surface area contributed by atoms with Crippen LogP contribution in [0.3, 0.4) is 0 Å². The zero-order chi connectivity index (χ0) is 23.3. The van der Waals surface area contributed by atoms with Crippen molar-refractivity contribution in [3.8, 4) is 5.13 Å². The van der Waals surface area contributed by atoms with Crippen LogP contribution in [-0.4, -0.2) is 32.5 Å². The molecule has 1 N–H and O–H groups in total. The van der Waals surface area contributed by atoms with Gasteiger partial charge in [-0.3, -0.25) is 19.3 Å². The van der Waals surface area contributed by atoms with Crippen molar-refractivity contribution in [2.75, 3.05) is 10.2 Å². The van der Waals surface area contributed by atoms with Gasteiger partial charge in [0.15, 0.2) is 0 Å². The number of amides is 3. The van der Waals surface area contributed by atoms with Gasteiger partial charge in [-0.1, -0.05) is 35.1 Å². The number of nitrogens with zero attached hydrogens (tertiary/aromatic N) is 4. The van der Waals surface area contributed by atoms with Gasteiger partial charge in [0, 0.05) is 24.5 Å². The van der Waals surface area contributed by atoms with Gasteiger partial charge in [0.1, 0.15) is 5.82 Å². The van der Waals surface area contributed by atoms with Gasteiger partial charge >= 0.3 is 0 Å². The number of halogens is 1. The molecular weight excluding hydrogens is 462 g/mol. The van der Waals surface area contributed by atoms with Crippen LogP contribution in [0.5, 0.6) is 0 Å². The van der Waals surface area contributed by atoms with E-state index in [9.17, 15) is 14.4 Å². The maximum absolute atomic E-state index is 13.0. The summed E-state index contributed by atoms with van der Waals surface area (Å²) in [5.41, 5.74) is 3.19. The summed E-state index contributed by atoms with van der Waals surface area (Å²) in [6, 6.07) is 11.9. The Morgan fingerprint density at radius 2 is 1.85 bits per heavy atom. The number of hydrogen-bond donors (Lipinski definition) is 1. The Morgan fingerprint density at radius 3 is 2.58 bits per heavy atom. The number of rotatable bonds is 4. The summed E-state index contributed by atoms with van der Waals surface area (Å²) in [7, 11) is 0. The highest BCUT2D eigenvalue weighted by Gasteiger charge is 2.30. The van der Waals surface area contributed by atoms with Gasteiger partial charge in [0.05, 0.1) is 26.6 Å². The number of thiazole rings is 1. The molecule has 0 unspecified atom stereocenters. The lowest BCUT2D eigenvalue weighted by Gasteiger charge is -2.15. The summed E-state index contributed by atoms with van der Waals surface area (Å²) in [6.45, 7) is 3.78. The SMILES string of the molecule is Cc1cc(NC(=O)c2cccc(N3C(=O)CCC3=O)c2)n(-c2nc3c(C)ccc(Cl)c3s2)n1. The smallest absolute Gasteiger partial charge is 0.256 e. The van der Waals surface area contributed by atoms with E-state index in [1.165, 1.54) is 17.4 Å². The molecule has 0 atom stereocenters. The van der Waals surface area contributed by atoms with Crippen LogP contribution in [0.15, 0.2) is 42.5 Å². The van der Waals surface area contributed by atoms with E-state index >= 15 is 0 Å². The average molecular weight is 480 g/mol. The lowest BCUT2D eigenvalue weighted by Crippen LogP contribution is -2.28. The first-order valence-electron chi connectivity index (χ1n) is 10.2. The van der Waals surface area contributed by atoms with E-state index in [0.29, 0.717) is 32.9 Å². The van der Waals surface area contributed by atoms with Crippen LogP contribution in [0.1, 0.15) is 34.5 Å². The van der Waals surface area contributed by atoms with Gasteiger partial charge in [-0.15, -0.1) is 0 Å². The topological polar surface area (TPSA) is 97.2 Å². The molecule has 3 heterocycles. The monoisotopic (exact) mass is 479 g/mol. The van der Waals surface area contributed by atoms with Gasteiger partial charge in [-0.25, -0.2) is 4.98 Å². The molecule has 1 fully saturated rings. The molecule has 1 aliphatic rings. The second-order valence-corrected chi connectivity index (χ2v) is 9.13. The Morgan fingerprint density at radius 1 is 1.09 bits per heavy atom. The molecular formula is C23H18ClN5O3S. The summed E-state index contributed by atoms with van der Waals surface area (Å²) in [4.78, 5) is 43.0. The van der Waals surface area contributed by atoms with Crippen molar-refractivity contribution in [2.24, 2.45) is 0 Å². The van der Waals surface area contributed by atoms with E-state index < -0.39 is 5.91 Å². The van der Waals surface area contributed by atoms with Crippen molar-refractivity contribution >= 4 is 62.4 Å². The normalized spacial score (nSPS) is 13.8. The fourth-order valence-corrected chi connectivity index (χ4v) is 5.04. The second kappa shape index (κ2) is 8.09. The van der Waals surface area contributed by atoms with Crippen molar-refractivity contribution in [3.05, 3.63) is 64.3 Å². The molecule has 0 saturated carbocycles. The Balaban J connectivity index is 1.47. The molecule has 1 aliphatic heterocycles. The quantitative estimate of drug-likeness (QED) is 0.429. The van der Waals surface area contributed by atoms with E-state index in [2.05, 4.69) is 15.4 Å². The summed E-state index contributed by atoms with van der Waals surface area (Å²) < 4.78 is 2.43. The first kappa shape index (κ1) is 21.3. The molecule has 33 heavy (non-hydrogen) atoms. The van der Waals surface area contributed by atoms with Gasteiger partial charge in [-0.05, 0) is 43.7 Å². The fourth-order valence-electron chi connectivity index (χ4n) is 3.75. The Kier molecular flexibility index (Phi) is 5.22. The third-order valence-corrected chi connectivity index (χ3v) is 6.85. The number of fused-ring (bicyclic) bond motifs is 1. The minimum atomic E-state index is -0.396. The molecule has 3 amide bonds. The van der Waals surface area contributed by atoms with Crippen LogP contribution in [0, 0.1) is 13.8 Å². The summed E-state index contributed by atoms with van der Waals surface area (Å²) >= 11 is 7.73. The van der Waals surface area contributed by atoms with Crippen molar-refractivity contribution in [2.45, 2.75) is 26.7 Å². The number of aromatic nitrogens is 3. The maximum Gasteiger partial charge on any atom is 0.256 e. The second-order valence-electron chi connectivity index (χ2n) is 7.75. The van der Waals surface area contributed by atoms with E-state index in [4.69, 9.17) is 11.6 Å². The molecule has 0 spiro atoms. The van der Waals surface area contributed by atoms with Gasteiger partial charge < -0.3 is 5.32 Å². The number of carbonyl (C=O) groups excluding carboxylic acids is 3. The van der Waals surface area contributed by atoms with E-state index in [0.717, 1.165) is 20.7 Å². The number of carbonyl (C=O) groups is 3. The van der Waals surface area contributed by atoms with Crippen LogP contribution < -0.4 is 10.2 Å². The number of hydrogen-bond acceptors (Lipinski definition) is 6. The summed E-state index contributed by atoms with van der Waals surface area (Å²) in [6.07, 6.45) is 0.360. The van der Waals surface area contributed by atoms with Crippen LogP contribution in [0.2, 0.25) is 5.02 Å². The number of imide groups is 1. The number of anilines is 2. The van der Waals surface area contributed by atoms with Crippen molar-refractivity contribution in [3.63, 3.8) is 0 Å². The van der Waals surface area contributed by atoms with Crippen LogP contribution in [0.4, 0.5) is 11.5 Å². The lowest BCUT2D eigenvalue weighted by atomic mass is 10.1. The van der Waals surface area contributed by atoms with Crippen molar-refractivity contribution in [1.82, 2.24) is 14.8 Å². The van der Waals surface area contributed by atoms with Crippen LogP contribution in [0.25, 0.3) is 15.3 Å². The standard InChI is InChI=1S/C23H18ClN5O3S/c1-12-6-7-16(24)21-20(12)26-23(33-21)29-17(10-13(2)27-29)25-22(32)14-4-3-5-15(11-14)28-18(30)8-9-19(28)31/h3-7,10-11H,8-9H2,1-2H3,(H,25,32). The van der Waals surface area contributed by atoms with E-state index in [-0.39, 0.29) is 24.7 Å².